The van der Waals surface area contributed by atoms with E-state index in [9.17, 15) is 13.6 Å². The molecule has 1 rings (SSSR count). The maximum atomic E-state index is 12.2. The average molecular weight is 178 g/mol. The molecule has 1 fully saturated rings. The van der Waals surface area contributed by atoms with Gasteiger partial charge in [-0.2, -0.15) is 0 Å². The van der Waals surface area contributed by atoms with Crippen molar-refractivity contribution in [2.75, 3.05) is 13.3 Å². The number of rotatable bonds is 4. The number of carboxylic acid groups (broad SMARTS) is 1. The van der Waals surface area contributed by atoms with Crippen LogP contribution in [0.15, 0.2) is 0 Å². The van der Waals surface area contributed by atoms with Gasteiger partial charge in [0, 0.05) is 11.8 Å². The van der Waals surface area contributed by atoms with Gasteiger partial charge in [0.25, 0.3) is 0 Å². The average Bonchev–Trinajstić information content (AvgIpc) is 1.95. The van der Waals surface area contributed by atoms with Crippen molar-refractivity contribution >= 4 is 5.97 Å². The van der Waals surface area contributed by atoms with Crippen LogP contribution >= 0.6 is 0 Å². The first-order chi connectivity index (χ1) is 5.62. The summed E-state index contributed by atoms with van der Waals surface area (Å²) < 4.78 is 24.4. The van der Waals surface area contributed by atoms with E-state index >= 15 is 0 Å². The number of halogens is 2. The number of alkyl halides is 2. The molecule has 1 N–H and O–H groups in total. The van der Waals surface area contributed by atoms with Crippen molar-refractivity contribution in [3.63, 3.8) is 0 Å². The van der Waals surface area contributed by atoms with E-state index in [1.807, 2.05) is 0 Å². The second kappa shape index (κ2) is 3.37. The summed E-state index contributed by atoms with van der Waals surface area (Å²) in [6.07, 6.45) is 0.806. The molecule has 0 saturated heterocycles. The SMILES string of the molecule is O=C(O)CC1CC(CF)(CF)C1. The standard InChI is InChI=1S/C8H12F2O2/c9-4-8(5-10)2-6(3-8)1-7(11)12/h6H,1-5H2,(H,11,12). The van der Waals surface area contributed by atoms with E-state index in [0.717, 1.165) is 0 Å². The molecule has 0 bridgehead atoms. The first-order valence-electron chi connectivity index (χ1n) is 3.95. The van der Waals surface area contributed by atoms with Gasteiger partial charge >= 0.3 is 5.97 Å². The van der Waals surface area contributed by atoms with Crippen molar-refractivity contribution in [1.29, 1.82) is 0 Å². The lowest BCUT2D eigenvalue weighted by molar-refractivity contribution is -0.140. The summed E-state index contributed by atoms with van der Waals surface area (Å²) in [4.78, 5) is 10.2. The highest BCUT2D eigenvalue weighted by Crippen LogP contribution is 2.47. The second-order valence-corrected chi connectivity index (χ2v) is 3.64. The van der Waals surface area contributed by atoms with Crippen LogP contribution in [-0.4, -0.2) is 24.4 Å². The van der Waals surface area contributed by atoms with Crippen LogP contribution in [0.3, 0.4) is 0 Å². The van der Waals surface area contributed by atoms with E-state index < -0.39 is 24.7 Å². The highest BCUT2D eigenvalue weighted by molar-refractivity contribution is 5.67. The molecule has 12 heavy (non-hydrogen) atoms. The molecule has 0 spiro atoms. The fraction of sp³-hybridized carbons (Fsp3) is 0.875. The van der Waals surface area contributed by atoms with E-state index in [0.29, 0.717) is 12.8 Å². The highest BCUT2D eigenvalue weighted by atomic mass is 19.1. The monoisotopic (exact) mass is 178 g/mol. The number of aliphatic carboxylic acids is 1. The summed E-state index contributed by atoms with van der Waals surface area (Å²) in [7, 11) is 0. The molecule has 0 aromatic carbocycles. The largest absolute Gasteiger partial charge is 0.481 e. The quantitative estimate of drug-likeness (QED) is 0.712. The number of hydrogen-bond donors (Lipinski definition) is 1. The summed E-state index contributed by atoms with van der Waals surface area (Å²) in [5, 5.41) is 8.38. The molecule has 2 nitrogen and oxygen atoms in total. The Morgan fingerprint density at radius 1 is 1.42 bits per heavy atom. The van der Waals surface area contributed by atoms with Crippen LogP contribution in [0, 0.1) is 11.3 Å². The van der Waals surface area contributed by atoms with Crippen molar-refractivity contribution in [3.05, 3.63) is 0 Å². The Morgan fingerprint density at radius 2 is 1.92 bits per heavy atom. The summed E-state index contributed by atoms with van der Waals surface area (Å²) in [6, 6.07) is 0. The van der Waals surface area contributed by atoms with Gasteiger partial charge in [-0.1, -0.05) is 0 Å². The summed E-state index contributed by atoms with van der Waals surface area (Å²) in [5.41, 5.74) is -0.833. The minimum absolute atomic E-state index is 0.0194. The number of carbonyl (C=O) groups is 1. The Bertz CT molecular complexity index is 170. The molecule has 0 aromatic rings. The highest BCUT2D eigenvalue weighted by Gasteiger charge is 2.45. The minimum atomic E-state index is -0.883. The van der Waals surface area contributed by atoms with E-state index in [1.54, 1.807) is 0 Å². The van der Waals surface area contributed by atoms with Crippen molar-refractivity contribution in [2.24, 2.45) is 11.3 Å². The molecule has 1 aliphatic rings. The molecule has 0 heterocycles. The van der Waals surface area contributed by atoms with Gasteiger partial charge in [-0.15, -0.1) is 0 Å². The molecule has 4 heteroatoms. The Kier molecular flexibility index (Phi) is 2.65. The van der Waals surface area contributed by atoms with Crippen LogP contribution in [0.1, 0.15) is 19.3 Å². The second-order valence-electron chi connectivity index (χ2n) is 3.64. The lowest BCUT2D eigenvalue weighted by Crippen LogP contribution is -2.41. The lowest BCUT2D eigenvalue weighted by Gasteiger charge is -2.43. The van der Waals surface area contributed by atoms with Crippen molar-refractivity contribution in [3.8, 4) is 0 Å². The summed E-state index contributed by atoms with van der Waals surface area (Å²) >= 11 is 0. The van der Waals surface area contributed by atoms with Crippen LogP contribution < -0.4 is 0 Å². The molecular weight excluding hydrogens is 166 g/mol. The molecule has 0 atom stereocenters. The first kappa shape index (κ1) is 9.42. The van der Waals surface area contributed by atoms with Gasteiger partial charge in [-0.05, 0) is 18.8 Å². The molecule has 1 aliphatic carbocycles. The number of carboxylic acids is 1. The predicted molar refractivity (Wildman–Crippen MR) is 39.4 cm³/mol. The van der Waals surface area contributed by atoms with Gasteiger partial charge in [-0.3, -0.25) is 13.6 Å². The zero-order valence-corrected chi connectivity index (χ0v) is 6.72. The molecule has 0 radical (unpaired) electrons. The van der Waals surface area contributed by atoms with Gasteiger partial charge in [0.1, 0.15) is 0 Å². The maximum Gasteiger partial charge on any atom is 0.303 e. The minimum Gasteiger partial charge on any atom is -0.481 e. The third-order valence-corrected chi connectivity index (χ3v) is 2.47. The molecular formula is C8H12F2O2. The Balaban J connectivity index is 2.30. The van der Waals surface area contributed by atoms with Crippen LogP contribution in [0.2, 0.25) is 0 Å². The predicted octanol–water partition coefficient (Wildman–Crippen LogP) is 1.80. The van der Waals surface area contributed by atoms with Gasteiger partial charge in [0.2, 0.25) is 0 Å². The van der Waals surface area contributed by atoms with Crippen molar-refractivity contribution in [1.82, 2.24) is 0 Å². The zero-order valence-electron chi connectivity index (χ0n) is 6.72. The van der Waals surface area contributed by atoms with Gasteiger partial charge in [-0.25, -0.2) is 0 Å². The molecule has 0 aromatic heterocycles. The third-order valence-electron chi connectivity index (χ3n) is 2.47. The molecule has 1 saturated carbocycles. The molecule has 0 unspecified atom stereocenters. The van der Waals surface area contributed by atoms with Gasteiger partial charge in [0.05, 0.1) is 13.3 Å². The molecule has 0 aliphatic heterocycles. The Hall–Kier alpha value is -0.670. The fourth-order valence-corrected chi connectivity index (χ4v) is 1.81. The normalized spacial score (nSPS) is 21.8. The van der Waals surface area contributed by atoms with Crippen LogP contribution in [-0.2, 0) is 4.79 Å². The third kappa shape index (κ3) is 1.73. The molecule has 0 amide bonds. The fourth-order valence-electron chi connectivity index (χ4n) is 1.81. The van der Waals surface area contributed by atoms with Gasteiger partial charge in [0.15, 0.2) is 0 Å². The smallest absolute Gasteiger partial charge is 0.303 e. The zero-order chi connectivity index (χ0) is 9.19. The first-order valence-corrected chi connectivity index (χ1v) is 3.95. The van der Waals surface area contributed by atoms with Crippen LogP contribution in [0.5, 0.6) is 0 Å². The van der Waals surface area contributed by atoms with Crippen molar-refractivity contribution < 1.29 is 18.7 Å². The van der Waals surface area contributed by atoms with E-state index in [1.165, 1.54) is 0 Å². The van der Waals surface area contributed by atoms with E-state index in [4.69, 9.17) is 5.11 Å². The van der Waals surface area contributed by atoms with Crippen LogP contribution in [0.4, 0.5) is 8.78 Å². The molecule has 70 valence electrons. The van der Waals surface area contributed by atoms with E-state index in [-0.39, 0.29) is 12.3 Å². The summed E-state index contributed by atoms with van der Waals surface area (Å²) in [5.74, 6) is -0.902. The Labute approximate surface area is 69.6 Å². The lowest BCUT2D eigenvalue weighted by atomic mass is 9.62. The Morgan fingerprint density at radius 3 is 2.25 bits per heavy atom. The van der Waals surface area contributed by atoms with Crippen molar-refractivity contribution in [2.45, 2.75) is 19.3 Å². The van der Waals surface area contributed by atoms with Crippen LogP contribution in [0.25, 0.3) is 0 Å². The maximum absolute atomic E-state index is 12.2. The number of hydrogen-bond acceptors (Lipinski definition) is 1. The topological polar surface area (TPSA) is 37.3 Å². The summed E-state index contributed by atoms with van der Waals surface area (Å²) in [6.45, 7) is -1.33. The van der Waals surface area contributed by atoms with Gasteiger partial charge < -0.3 is 5.11 Å². The van der Waals surface area contributed by atoms with E-state index in [2.05, 4.69) is 0 Å².